The lowest BCUT2D eigenvalue weighted by molar-refractivity contribution is -0.118. The van der Waals surface area contributed by atoms with Crippen LogP contribution in [0.1, 0.15) is 18.1 Å². The summed E-state index contributed by atoms with van der Waals surface area (Å²) in [4.78, 5) is 12.4. The zero-order valence-electron chi connectivity index (χ0n) is 19.0. The average Bonchev–Trinajstić information content (AvgIpc) is 2.81. The van der Waals surface area contributed by atoms with Crippen molar-refractivity contribution in [3.8, 4) is 11.5 Å². The Labute approximate surface area is 204 Å². The van der Waals surface area contributed by atoms with Crippen molar-refractivity contribution in [1.82, 2.24) is 0 Å². The Balaban J connectivity index is 1.43. The van der Waals surface area contributed by atoms with Gasteiger partial charge in [0.15, 0.2) is 6.61 Å². The molecule has 1 atom stereocenters. The Bertz CT molecular complexity index is 1300. The highest BCUT2D eigenvalue weighted by Gasteiger charge is 2.32. The van der Waals surface area contributed by atoms with Crippen LogP contribution < -0.4 is 19.1 Å². The first-order chi connectivity index (χ1) is 16.1. The van der Waals surface area contributed by atoms with Crippen LogP contribution in [-0.2, 0) is 14.8 Å². The van der Waals surface area contributed by atoms with E-state index in [-0.39, 0.29) is 30.1 Å². The maximum atomic E-state index is 13.3. The first-order valence-corrected chi connectivity index (χ1v) is 12.5. The third kappa shape index (κ3) is 4.98. The van der Waals surface area contributed by atoms with Crippen LogP contribution in [0.25, 0.3) is 0 Å². The number of rotatable bonds is 6. The van der Waals surface area contributed by atoms with Crippen molar-refractivity contribution < 1.29 is 22.7 Å². The fourth-order valence-electron chi connectivity index (χ4n) is 3.75. The monoisotopic (exact) mass is 500 g/mol. The molecule has 0 bridgehead atoms. The van der Waals surface area contributed by atoms with Gasteiger partial charge in [-0.2, -0.15) is 0 Å². The van der Waals surface area contributed by atoms with E-state index in [1.54, 1.807) is 48.5 Å². The molecule has 1 aliphatic heterocycles. The largest absolute Gasteiger partial charge is 0.487 e. The number of nitrogens with zero attached hydrogens (tertiary/aromatic N) is 1. The highest BCUT2D eigenvalue weighted by atomic mass is 35.5. The lowest BCUT2D eigenvalue weighted by Crippen LogP contribution is -2.42. The van der Waals surface area contributed by atoms with Crippen LogP contribution in [-0.4, -0.2) is 33.6 Å². The first kappa shape index (κ1) is 23.9. The first-order valence-electron chi connectivity index (χ1n) is 10.7. The minimum absolute atomic E-state index is 0.123. The summed E-state index contributed by atoms with van der Waals surface area (Å²) in [5.74, 6) is 0.715. The summed E-state index contributed by atoms with van der Waals surface area (Å²) >= 11 is 6.16. The molecule has 0 aliphatic carbocycles. The second kappa shape index (κ2) is 9.56. The van der Waals surface area contributed by atoms with Crippen molar-refractivity contribution in [2.24, 2.45) is 0 Å². The van der Waals surface area contributed by atoms with Crippen molar-refractivity contribution in [1.29, 1.82) is 0 Å². The van der Waals surface area contributed by atoms with E-state index in [0.717, 1.165) is 11.1 Å². The molecule has 0 aromatic heterocycles. The SMILES string of the molecule is Cc1cc(OCC(=O)Nc2ccc(S(=O)(=O)N3C[C@@H](C)Oc4ccccc43)cc2)cc(C)c1Cl. The van der Waals surface area contributed by atoms with Gasteiger partial charge >= 0.3 is 0 Å². The molecule has 9 heteroatoms. The number of fused-ring (bicyclic) bond motifs is 1. The molecule has 178 valence electrons. The number of ether oxygens (including phenoxy) is 2. The molecule has 0 unspecified atom stereocenters. The smallest absolute Gasteiger partial charge is 0.264 e. The Morgan fingerprint density at radius 1 is 1.12 bits per heavy atom. The number of hydrogen-bond donors (Lipinski definition) is 1. The molecule has 0 saturated carbocycles. The van der Waals surface area contributed by atoms with Gasteiger partial charge in [-0.3, -0.25) is 9.10 Å². The van der Waals surface area contributed by atoms with Crippen LogP contribution in [0, 0.1) is 13.8 Å². The second-order valence-electron chi connectivity index (χ2n) is 8.16. The minimum Gasteiger partial charge on any atom is -0.487 e. The highest BCUT2D eigenvalue weighted by Crippen LogP contribution is 2.36. The predicted molar refractivity (Wildman–Crippen MR) is 133 cm³/mol. The number of halogens is 1. The van der Waals surface area contributed by atoms with E-state index in [1.165, 1.54) is 16.4 Å². The molecule has 0 spiro atoms. The van der Waals surface area contributed by atoms with Crippen molar-refractivity contribution in [2.45, 2.75) is 31.8 Å². The standard InChI is InChI=1S/C25H25ClN2O5S/c1-16-12-20(13-17(2)25(16)26)32-15-24(29)27-19-8-10-21(11-9-19)34(30,31)28-14-18(3)33-23-7-5-4-6-22(23)28/h4-13,18H,14-15H2,1-3H3,(H,27,29)/t18-/m1/s1. The van der Waals surface area contributed by atoms with Gasteiger partial charge in [0.1, 0.15) is 17.6 Å². The van der Waals surface area contributed by atoms with Gasteiger partial charge in [0, 0.05) is 10.7 Å². The third-order valence-electron chi connectivity index (χ3n) is 5.39. The number of sulfonamides is 1. The molecule has 3 aromatic rings. The summed E-state index contributed by atoms with van der Waals surface area (Å²) in [6.45, 7) is 5.58. The number of carbonyl (C=O) groups is 1. The lowest BCUT2D eigenvalue weighted by atomic mass is 10.1. The molecular weight excluding hydrogens is 476 g/mol. The number of benzene rings is 3. The van der Waals surface area contributed by atoms with E-state index < -0.39 is 10.0 Å². The number of hydrogen-bond acceptors (Lipinski definition) is 5. The number of para-hydroxylation sites is 2. The summed E-state index contributed by atoms with van der Waals surface area (Å²) in [5.41, 5.74) is 2.70. The van der Waals surface area contributed by atoms with Crippen molar-refractivity contribution in [2.75, 3.05) is 22.8 Å². The van der Waals surface area contributed by atoms with Crippen LogP contribution in [0.5, 0.6) is 11.5 Å². The van der Waals surface area contributed by atoms with E-state index >= 15 is 0 Å². The van der Waals surface area contributed by atoms with E-state index in [4.69, 9.17) is 21.1 Å². The molecule has 0 saturated heterocycles. The molecule has 34 heavy (non-hydrogen) atoms. The number of carbonyl (C=O) groups excluding carboxylic acids is 1. The van der Waals surface area contributed by atoms with Gasteiger partial charge < -0.3 is 14.8 Å². The zero-order valence-corrected chi connectivity index (χ0v) is 20.6. The summed E-state index contributed by atoms with van der Waals surface area (Å²) in [6.07, 6.45) is -0.281. The van der Waals surface area contributed by atoms with Gasteiger partial charge in [-0.25, -0.2) is 8.42 Å². The van der Waals surface area contributed by atoms with Crippen LogP contribution in [0.3, 0.4) is 0 Å². The Morgan fingerprint density at radius 2 is 1.76 bits per heavy atom. The number of anilines is 2. The van der Waals surface area contributed by atoms with E-state index in [9.17, 15) is 13.2 Å². The van der Waals surface area contributed by atoms with E-state index in [2.05, 4.69) is 5.32 Å². The Hall–Kier alpha value is -3.23. The molecular formula is C25H25ClN2O5S. The van der Waals surface area contributed by atoms with Crippen LogP contribution in [0.2, 0.25) is 5.02 Å². The summed E-state index contributed by atoms with van der Waals surface area (Å²) in [6, 6.07) is 16.6. The molecule has 0 fully saturated rings. The van der Waals surface area contributed by atoms with E-state index in [0.29, 0.717) is 27.9 Å². The topological polar surface area (TPSA) is 84.9 Å². The molecule has 1 heterocycles. The van der Waals surface area contributed by atoms with E-state index in [1.807, 2.05) is 20.8 Å². The molecule has 1 N–H and O–H groups in total. The Morgan fingerprint density at radius 3 is 2.44 bits per heavy atom. The molecule has 1 amide bonds. The van der Waals surface area contributed by atoms with Gasteiger partial charge in [0.2, 0.25) is 0 Å². The molecule has 3 aromatic carbocycles. The fraction of sp³-hybridized carbons (Fsp3) is 0.240. The van der Waals surface area contributed by atoms with Gasteiger partial charge in [-0.1, -0.05) is 23.7 Å². The van der Waals surface area contributed by atoms with Crippen LogP contribution in [0.4, 0.5) is 11.4 Å². The van der Waals surface area contributed by atoms with Gasteiger partial charge in [0.25, 0.3) is 15.9 Å². The maximum Gasteiger partial charge on any atom is 0.264 e. The normalized spacial score (nSPS) is 15.3. The van der Waals surface area contributed by atoms with Crippen LogP contribution in [0.15, 0.2) is 65.6 Å². The maximum absolute atomic E-state index is 13.3. The fourth-order valence-corrected chi connectivity index (χ4v) is 5.41. The summed E-state index contributed by atoms with van der Waals surface area (Å²) < 4.78 is 39.3. The van der Waals surface area contributed by atoms with Gasteiger partial charge in [0.05, 0.1) is 17.1 Å². The molecule has 1 aliphatic rings. The van der Waals surface area contributed by atoms with Crippen LogP contribution >= 0.6 is 11.6 Å². The summed E-state index contributed by atoms with van der Waals surface area (Å²) in [7, 11) is -3.81. The highest BCUT2D eigenvalue weighted by molar-refractivity contribution is 7.92. The van der Waals surface area contributed by atoms with Crippen molar-refractivity contribution >= 4 is 38.9 Å². The lowest BCUT2D eigenvalue weighted by Gasteiger charge is -2.34. The molecule has 4 rings (SSSR count). The number of amides is 1. The number of nitrogens with one attached hydrogen (secondary N) is 1. The van der Waals surface area contributed by atoms with Crippen molar-refractivity contribution in [3.05, 3.63) is 76.8 Å². The van der Waals surface area contributed by atoms with Gasteiger partial charge in [-0.05, 0) is 80.4 Å². The van der Waals surface area contributed by atoms with Crippen molar-refractivity contribution in [3.63, 3.8) is 0 Å². The Kier molecular flexibility index (Phi) is 6.72. The number of aryl methyl sites for hydroxylation is 2. The summed E-state index contributed by atoms with van der Waals surface area (Å²) in [5, 5.41) is 3.38. The minimum atomic E-state index is -3.81. The predicted octanol–water partition coefficient (Wildman–Crippen LogP) is 4.95. The zero-order chi connectivity index (χ0) is 24.5. The van der Waals surface area contributed by atoms with Gasteiger partial charge in [-0.15, -0.1) is 0 Å². The second-order valence-corrected chi connectivity index (χ2v) is 10.4. The molecule has 7 nitrogen and oxygen atoms in total. The average molecular weight is 501 g/mol. The molecule has 0 radical (unpaired) electrons. The third-order valence-corrected chi connectivity index (χ3v) is 7.78. The quantitative estimate of drug-likeness (QED) is 0.517.